The molecule has 1 saturated carbocycles. The van der Waals surface area contributed by atoms with Gasteiger partial charge in [-0.05, 0) is 89.9 Å². The van der Waals surface area contributed by atoms with Gasteiger partial charge in [0.1, 0.15) is 0 Å². The number of carbonyl (C=O) groups is 1. The molecule has 1 amide bonds. The van der Waals surface area contributed by atoms with Crippen molar-refractivity contribution in [3.8, 4) is 0 Å². The van der Waals surface area contributed by atoms with Crippen LogP contribution in [-0.2, 0) is 4.79 Å². The molecule has 0 aromatic carbocycles. The standard InChI is InChI=1S/C24H41N3O/c1-4-21(9-5-6-16-27-17-7-8-18-27)11-10-19(2)20(3)26-24(28)23(25)15-14-22-12-13-22/h4,10-11,20,22-23H,1,5-9,12-18,25H2,2-3H3,(H,26,28)/b19-10+,21-11+/t20-,23+/m1/s1. The Bertz CT molecular complexity index is 556. The largest absolute Gasteiger partial charge is 0.349 e. The number of nitrogens with zero attached hydrogens (tertiary/aromatic N) is 1. The lowest BCUT2D eigenvalue weighted by molar-refractivity contribution is -0.122. The number of nitrogens with two attached hydrogens (primary N) is 1. The molecule has 2 fully saturated rings. The van der Waals surface area contributed by atoms with Crippen molar-refractivity contribution in [2.45, 2.75) is 83.7 Å². The number of hydrogen-bond donors (Lipinski definition) is 2. The third kappa shape index (κ3) is 8.74. The average molecular weight is 388 g/mol. The maximum atomic E-state index is 12.3. The lowest BCUT2D eigenvalue weighted by atomic mass is 10.0. The number of rotatable bonds is 13. The Morgan fingerprint density at radius 2 is 1.96 bits per heavy atom. The van der Waals surface area contributed by atoms with Crippen LogP contribution in [0.25, 0.3) is 0 Å². The van der Waals surface area contributed by atoms with Crippen LogP contribution in [0.2, 0.25) is 0 Å². The zero-order valence-electron chi connectivity index (χ0n) is 18.1. The highest BCUT2D eigenvalue weighted by Gasteiger charge is 2.24. The number of amides is 1. The van der Waals surface area contributed by atoms with Crippen LogP contribution in [0.15, 0.2) is 36.0 Å². The molecule has 1 aliphatic carbocycles. The summed E-state index contributed by atoms with van der Waals surface area (Å²) in [6.07, 6.45) is 16.9. The predicted octanol–water partition coefficient (Wildman–Crippen LogP) is 4.33. The fourth-order valence-corrected chi connectivity index (χ4v) is 3.69. The molecule has 0 aromatic heterocycles. The van der Waals surface area contributed by atoms with E-state index in [4.69, 9.17) is 5.73 Å². The Balaban J connectivity index is 1.69. The quantitative estimate of drug-likeness (QED) is 0.365. The van der Waals surface area contributed by atoms with E-state index in [-0.39, 0.29) is 18.0 Å². The number of hydrogen-bond acceptors (Lipinski definition) is 3. The van der Waals surface area contributed by atoms with Gasteiger partial charge in [-0.3, -0.25) is 4.79 Å². The van der Waals surface area contributed by atoms with Crippen molar-refractivity contribution >= 4 is 5.91 Å². The van der Waals surface area contributed by atoms with E-state index < -0.39 is 0 Å². The molecule has 0 unspecified atom stereocenters. The molecule has 2 rings (SSSR count). The fourth-order valence-electron chi connectivity index (χ4n) is 3.69. The molecule has 158 valence electrons. The van der Waals surface area contributed by atoms with Gasteiger partial charge in [-0.1, -0.05) is 43.2 Å². The van der Waals surface area contributed by atoms with Gasteiger partial charge < -0.3 is 16.0 Å². The van der Waals surface area contributed by atoms with Gasteiger partial charge in [-0.15, -0.1) is 0 Å². The molecule has 3 N–H and O–H groups in total. The molecule has 4 nitrogen and oxygen atoms in total. The fraction of sp³-hybridized carbons (Fsp3) is 0.708. The summed E-state index contributed by atoms with van der Waals surface area (Å²) in [5.41, 5.74) is 8.44. The van der Waals surface area contributed by atoms with Crippen molar-refractivity contribution in [3.05, 3.63) is 36.0 Å². The number of nitrogens with one attached hydrogen (secondary N) is 1. The van der Waals surface area contributed by atoms with Crippen LogP contribution in [-0.4, -0.2) is 42.5 Å². The molecule has 0 bridgehead atoms. The van der Waals surface area contributed by atoms with Crippen LogP contribution in [0.3, 0.4) is 0 Å². The maximum Gasteiger partial charge on any atom is 0.237 e. The second-order valence-corrected chi connectivity index (χ2v) is 8.72. The maximum absolute atomic E-state index is 12.3. The van der Waals surface area contributed by atoms with Gasteiger partial charge in [0.2, 0.25) is 5.91 Å². The highest BCUT2D eigenvalue weighted by atomic mass is 16.2. The third-order valence-electron chi connectivity index (χ3n) is 6.17. The number of allylic oxidation sites excluding steroid dienone is 4. The summed E-state index contributed by atoms with van der Waals surface area (Å²) in [4.78, 5) is 14.8. The van der Waals surface area contributed by atoms with Gasteiger partial charge in [0.05, 0.1) is 6.04 Å². The first-order chi connectivity index (χ1) is 13.5. The average Bonchev–Trinajstić information content (AvgIpc) is 3.38. The van der Waals surface area contributed by atoms with Crippen LogP contribution in [0, 0.1) is 5.92 Å². The van der Waals surface area contributed by atoms with E-state index in [2.05, 4.69) is 35.9 Å². The Hall–Kier alpha value is -1.39. The SMILES string of the molecule is C=C/C(=C\C=C(/C)[C@@H](C)NC(=O)[C@@H](N)CCC1CC1)CCCCN1CCCC1. The van der Waals surface area contributed by atoms with Crippen LogP contribution >= 0.6 is 0 Å². The minimum atomic E-state index is -0.384. The lowest BCUT2D eigenvalue weighted by Gasteiger charge is -2.18. The van der Waals surface area contributed by atoms with Crippen molar-refractivity contribution in [3.63, 3.8) is 0 Å². The van der Waals surface area contributed by atoms with Crippen molar-refractivity contribution in [2.75, 3.05) is 19.6 Å². The minimum absolute atomic E-state index is 0.00282. The summed E-state index contributed by atoms with van der Waals surface area (Å²) in [6, 6.07) is -0.386. The highest BCUT2D eigenvalue weighted by Crippen LogP contribution is 2.33. The topological polar surface area (TPSA) is 58.4 Å². The molecule has 1 saturated heterocycles. The second-order valence-electron chi connectivity index (χ2n) is 8.72. The second kappa shape index (κ2) is 12.2. The van der Waals surface area contributed by atoms with E-state index in [9.17, 15) is 4.79 Å². The van der Waals surface area contributed by atoms with E-state index in [1.165, 1.54) is 63.7 Å². The van der Waals surface area contributed by atoms with E-state index >= 15 is 0 Å². The lowest BCUT2D eigenvalue weighted by Crippen LogP contribution is -2.44. The van der Waals surface area contributed by atoms with Crippen molar-refractivity contribution in [1.29, 1.82) is 0 Å². The van der Waals surface area contributed by atoms with Crippen molar-refractivity contribution < 1.29 is 4.79 Å². The molecular weight excluding hydrogens is 346 g/mol. The summed E-state index contributed by atoms with van der Waals surface area (Å²) in [5.74, 6) is 0.784. The number of carbonyl (C=O) groups excluding carboxylic acids is 1. The molecule has 4 heteroatoms. The van der Waals surface area contributed by atoms with E-state index in [1.807, 2.05) is 13.0 Å². The molecule has 0 spiro atoms. The first-order valence-electron chi connectivity index (χ1n) is 11.3. The minimum Gasteiger partial charge on any atom is -0.349 e. The van der Waals surface area contributed by atoms with Gasteiger partial charge in [0.25, 0.3) is 0 Å². The summed E-state index contributed by atoms with van der Waals surface area (Å²) in [5, 5.41) is 3.06. The van der Waals surface area contributed by atoms with Gasteiger partial charge in [-0.25, -0.2) is 0 Å². The normalized spacial score (nSPS) is 20.8. The Labute approximate surface area is 172 Å². The summed E-state index contributed by atoms with van der Waals surface area (Å²) in [6.45, 7) is 11.8. The van der Waals surface area contributed by atoms with Gasteiger partial charge in [0.15, 0.2) is 0 Å². The van der Waals surface area contributed by atoms with E-state index in [1.54, 1.807) is 0 Å². The van der Waals surface area contributed by atoms with Crippen LogP contribution in [0.4, 0.5) is 0 Å². The third-order valence-corrected chi connectivity index (χ3v) is 6.17. The summed E-state index contributed by atoms with van der Waals surface area (Å²) >= 11 is 0. The predicted molar refractivity (Wildman–Crippen MR) is 119 cm³/mol. The smallest absolute Gasteiger partial charge is 0.237 e. The number of likely N-dealkylation sites (tertiary alicyclic amines) is 1. The van der Waals surface area contributed by atoms with Crippen molar-refractivity contribution in [2.24, 2.45) is 11.7 Å². The Morgan fingerprint density at radius 1 is 1.25 bits per heavy atom. The zero-order chi connectivity index (χ0) is 20.4. The summed E-state index contributed by atoms with van der Waals surface area (Å²) in [7, 11) is 0. The monoisotopic (exact) mass is 387 g/mol. The van der Waals surface area contributed by atoms with Gasteiger partial charge in [0, 0.05) is 6.04 Å². The highest BCUT2D eigenvalue weighted by molar-refractivity contribution is 5.82. The Kier molecular flexibility index (Phi) is 10.0. The molecule has 1 aliphatic heterocycles. The molecule has 0 aromatic rings. The molecule has 0 radical (unpaired) electrons. The molecule has 2 atom stereocenters. The number of unbranched alkanes of at least 4 members (excludes halogenated alkanes) is 1. The first-order valence-corrected chi connectivity index (χ1v) is 11.3. The van der Waals surface area contributed by atoms with Gasteiger partial charge >= 0.3 is 0 Å². The zero-order valence-corrected chi connectivity index (χ0v) is 18.1. The molecule has 1 heterocycles. The molecule has 2 aliphatic rings. The van der Waals surface area contributed by atoms with Crippen LogP contribution in [0.1, 0.15) is 71.6 Å². The first kappa shape index (κ1) is 22.9. The van der Waals surface area contributed by atoms with Crippen molar-refractivity contribution in [1.82, 2.24) is 10.2 Å². The van der Waals surface area contributed by atoms with Crippen LogP contribution in [0.5, 0.6) is 0 Å². The van der Waals surface area contributed by atoms with Crippen LogP contribution < -0.4 is 11.1 Å². The molecule has 28 heavy (non-hydrogen) atoms. The Morgan fingerprint density at radius 3 is 2.61 bits per heavy atom. The van der Waals surface area contributed by atoms with E-state index in [0.29, 0.717) is 0 Å². The van der Waals surface area contributed by atoms with E-state index in [0.717, 1.165) is 30.8 Å². The summed E-state index contributed by atoms with van der Waals surface area (Å²) < 4.78 is 0. The van der Waals surface area contributed by atoms with Gasteiger partial charge in [-0.2, -0.15) is 0 Å². The molecular formula is C24H41N3O.